The number of anilines is 1. The highest BCUT2D eigenvalue weighted by molar-refractivity contribution is 7.99. The van der Waals surface area contributed by atoms with Crippen LogP contribution < -0.4 is 5.32 Å². The highest BCUT2D eigenvalue weighted by atomic mass is 32.2. The number of nitriles is 1. The third kappa shape index (κ3) is 5.33. The number of carbonyl (C=O) groups is 2. The second kappa shape index (κ2) is 10.5. The molecule has 2 amide bonds. The molecule has 5 nitrogen and oxygen atoms in total. The summed E-state index contributed by atoms with van der Waals surface area (Å²) >= 11 is 1.39. The first kappa shape index (κ1) is 22.1. The Bertz CT molecular complexity index is 1120. The third-order valence-corrected chi connectivity index (χ3v) is 5.95. The third-order valence-electron chi connectivity index (χ3n) is 4.80. The van der Waals surface area contributed by atoms with E-state index in [1.807, 2.05) is 44.2 Å². The first-order valence-electron chi connectivity index (χ1n) is 10.0. The zero-order chi connectivity index (χ0) is 22.2. The SMILES string of the molecule is CCN(CC)C(=O)c1ccc(NC(=O)c2ccccc2Sc2ccccc2C#N)cc1. The van der Waals surface area contributed by atoms with E-state index in [1.54, 1.807) is 47.4 Å². The average molecular weight is 430 g/mol. The number of nitrogens with zero attached hydrogens (tertiary/aromatic N) is 2. The predicted octanol–water partition coefficient (Wildman–Crippen LogP) is 5.44. The van der Waals surface area contributed by atoms with Crippen molar-refractivity contribution in [2.24, 2.45) is 0 Å². The minimum atomic E-state index is -0.250. The summed E-state index contributed by atoms with van der Waals surface area (Å²) in [7, 11) is 0. The first-order chi connectivity index (χ1) is 15.1. The minimum Gasteiger partial charge on any atom is -0.339 e. The summed E-state index contributed by atoms with van der Waals surface area (Å²) < 4.78 is 0. The molecule has 0 saturated heterocycles. The summed E-state index contributed by atoms with van der Waals surface area (Å²) in [5.41, 5.74) is 2.28. The van der Waals surface area contributed by atoms with Crippen molar-refractivity contribution >= 4 is 29.3 Å². The average Bonchev–Trinajstić information content (AvgIpc) is 2.81. The van der Waals surface area contributed by atoms with Crippen molar-refractivity contribution in [3.8, 4) is 6.07 Å². The number of hydrogen-bond donors (Lipinski definition) is 1. The van der Waals surface area contributed by atoms with Crippen LogP contribution >= 0.6 is 11.8 Å². The number of nitrogens with one attached hydrogen (secondary N) is 1. The molecule has 0 aromatic heterocycles. The van der Waals surface area contributed by atoms with Crippen LogP contribution in [0, 0.1) is 11.3 Å². The van der Waals surface area contributed by atoms with Gasteiger partial charge in [0.25, 0.3) is 11.8 Å². The summed E-state index contributed by atoms with van der Waals surface area (Å²) in [5, 5.41) is 12.2. The lowest BCUT2D eigenvalue weighted by Gasteiger charge is -2.18. The largest absolute Gasteiger partial charge is 0.339 e. The van der Waals surface area contributed by atoms with Gasteiger partial charge in [-0.3, -0.25) is 9.59 Å². The molecular weight excluding hydrogens is 406 g/mol. The lowest BCUT2D eigenvalue weighted by atomic mass is 10.1. The van der Waals surface area contributed by atoms with Crippen LogP contribution in [0.5, 0.6) is 0 Å². The predicted molar refractivity (Wildman–Crippen MR) is 123 cm³/mol. The van der Waals surface area contributed by atoms with Crippen molar-refractivity contribution in [2.75, 3.05) is 18.4 Å². The Labute approximate surface area is 186 Å². The molecule has 0 saturated carbocycles. The summed E-state index contributed by atoms with van der Waals surface area (Å²) in [6, 6.07) is 23.7. The van der Waals surface area contributed by atoms with Gasteiger partial charge in [0.1, 0.15) is 6.07 Å². The summed E-state index contributed by atoms with van der Waals surface area (Å²) in [6.07, 6.45) is 0. The van der Waals surface area contributed by atoms with Gasteiger partial charge >= 0.3 is 0 Å². The van der Waals surface area contributed by atoms with Crippen LogP contribution in [0.4, 0.5) is 5.69 Å². The molecule has 0 fully saturated rings. The zero-order valence-electron chi connectivity index (χ0n) is 17.5. The molecule has 0 aliphatic carbocycles. The van der Waals surface area contributed by atoms with Crippen molar-refractivity contribution in [1.29, 1.82) is 5.26 Å². The van der Waals surface area contributed by atoms with Gasteiger partial charge in [0, 0.05) is 34.1 Å². The van der Waals surface area contributed by atoms with E-state index in [1.165, 1.54) is 11.8 Å². The number of benzene rings is 3. The fraction of sp³-hybridized carbons (Fsp3) is 0.160. The number of rotatable bonds is 7. The second-order valence-electron chi connectivity index (χ2n) is 6.72. The molecule has 0 unspecified atom stereocenters. The van der Waals surface area contributed by atoms with E-state index >= 15 is 0 Å². The van der Waals surface area contributed by atoms with Crippen molar-refractivity contribution in [3.63, 3.8) is 0 Å². The number of hydrogen-bond acceptors (Lipinski definition) is 4. The van der Waals surface area contributed by atoms with Crippen LogP contribution in [-0.2, 0) is 0 Å². The van der Waals surface area contributed by atoms with Gasteiger partial charge in [-0.05, 0) is 62.4 Å². The summed E-state index contributed by atoms with van der Waals surface area (Å²) in [5.74, 6) is -0.277. The first-order valence-corrected chi connectivity index (χ1v) is 10.9. The van der Waals surface area contributed by atoms with Gasteiger partial charge in [0.15, 0.2) is 0 Å². The Morgan fingerprint density at radius 2 is 1.52 bits per heavy atom. The van der Waals surface area contributed by atoms with Gasteiger partial charge in [-0.2, -0.15) is 5.26 Å². The molecule has 31 heavy (non-hydrogen) atoms. The molecule has 0 atom stereocenters. The van der Waals surface area contributed by atoms with E-state index in [4.69, 9.17) is 0 Å². The normalized spacial score (nSPS) is 10.2. The zero-order valence-corrected chi connectivity index (χ0v) is 18.3. The maximum atomic E-state index is 12.9. The lowest BCUT2D eigenvalue weighted by molar-refractivity contribution is 0.0773. The molecule has 6 heteroatoms. The fourth-order valence-corrected chi connectivity index (χ4v) is 4.12. The molecule has 0 aliphatic rings. The van der Waals surface area contributed by atoms with Crippen molar-refractivity contribution < 1.29 is 9.59 Å². The molecule has 0 aliphatic heterocycles. The molecule has 1 N–H and O–H groups in total. The Hall–Kier alpha value is -3.56. The van der Waals surface area contributed by atoms with Crippen molar-refractivity contribution in [1.82, 2.24) is 4.90 Å². The highest BCUT2D eigenvalue weighted by Crippen LogP contribution is 2.33. The molecule has 0 spiro atoms. The molecule has 0 bridgehead atoms. The van der Waals surface area contributed by atoms with E-state index < -0.39 is 0 Å². The summed E-state index contributed by atoms with van der Waals surface area (Å²) in [4.78, 5) is 28.7. The summed E-state index contributed by atoms with van der Waals surface area (Å²) in [6.45, 7) is 5.19. The number of carbonyl (C=O) groups excluding carboxylic acids is 2. The van der Waals surface area contributed by atoms with Gasteiger partial charge in [-0.25, -0.2) is 0 Å². The van der Waals surface area contributed by atoms with Gasteiger partial charge in [-0.1, -0.05) is 36.0 Å². The molecule has 156 valence electrons. The van der Waals surface area contributed by atoms with Crippen LogP contribution in [0.25, 0.3) is 0 Å². The minimum absolute atomic E-state index is 0.0271. The lowest BCUT2D eigenvalue weighted by Crippen LogP contribution is -2.30. The Kier molecular flexibility index (Phi) is 7.47. The van der Waals surface area contributed by atoms with E-state index in [9.17, 15) is 14.9 Å². The van der Waals surface area contributed by atoms with E-state index in [-0.39, 0.29) is 11.8 Å². The van der Waals surface area contributed by atoms with Crippen LogP contribution in [0.3, 0.4) is 0 Å². The smallest absolute Gasteiger partial charge is 0.256 e. The Morgan fingerprint density at radius 1 is 0.903 bits per heavy atom. The van der Waals surface area contributed by atoms with Gasteiger partial charge in [0.2, 0.25) is 0 Å². The van der Waals surface area contributed by atoms with E-state index in [0.717, 1.165) is 9.79 Å². The quantitative estimate of drug-likeness (QED) is 0.542. The molecule has 0 heterocycles. The van der Waals surface area contributed by atoms with Gasteiger partial charge in [-0.15, -0.1) is 0 Å². The van der Waals surface area contributed by atoms with E-state index in [2.05, 4.69) is 11.4 Å². The molecule has 3 rings (SSSR count). The van der Waals surface area contributed by atoms with Crippen LogP contribution in [-0.4, -0.2) is 29.8 Å². The molecule has 3 aromatic carbocycles. The van der Waals surface area contributed by atoms with Gasteiger partial charge in [0.05, 0.1) is 11.1 Å². The molecule has 0 radical (unpaired) electrons. The monoisotopic (exact) mass is 429 g/mol. The van der Waals surface area contributed by atoms with Gasteiger partial charge < -0.3 is 10.2 Å². The maximum absolute atomic E-state index is 12.9. The molecular formula is C25H23N3O2S. The van der Waals surface area contributed by atoms with Crippen molar-refractivity contribution in [2.45, 2.75) is 23.6 Å². The van der Waals surface area contributed by atoms with Crippen molar-refractivity contribution in [3.05, 3.63) is 89.5 Å². The Morgan fingerprint density at radius 3 is 2.16 bits per heavy atom. The second-order valence-corrected chi connectivity index (χ2v) is 7.80. The van der Waals surface area contributed by atoms with Crippen LogP contribution in [0.1, 0.15) is 40.1 Å². The highest BCUT2D eigenvalue weighted by Gasteiger charge is 2.15. The maximum Gasteiger partial charge on any atom is 0.256 e. The molecule has 3 aromatic rings. The fourth-order valence-electron chi connectivity index (χ4n) is 3.10. The van der Waals surface area contributed by atoms with Crippen LogP contribution in [0.15, 0.2) is 82.6 Å². The topological polar surface area (TPSA) is 73.2 Å². The number of amides is 2. The van der Waals surface area contributed by atoms with Crippen LogP contribution in [0.2, 0.25) is 0 Å². The standard InChI is InChI=1S/C25H23N3O2S/c1-3-28(4-2)25(30)18-13-15-20(16-14-18)27-24(29)21-10-6-8-12-23(21)31-22-11-7-5-9-19(22)17-26/h5-16H,3-4H2,1-2H3,(H,27,29). The Balaban J connectivity index is 1.77. The van der Waals surface area contributed by atoms with E-state index in [0.29, 0.717) is 35.5 Å².